The first-order valence-corrected chi connectivity index (χ1v) is 8.40. The molecule has 4 heteroatoms. The van der Waals surface area contributed by atoms with Gasteiger partial charge in [-0.25, -0.2) is 0 Å². The van der Waals surface area contributed by atoms with Gasteiger partial charge in [-0.15, -0.1) is 0 Å². The summed E-state index contributed by atoms with van der Waals surface area (Å²) in [6.45, 7) is 8.10. The van der Waals surface area contributed by atoms with E-state index in [1.54, 1.807) is 13.8 Å². The summed E-state index contributed by atoms with van der Waals surface area (Å²) in [4.78, 5) is 14.3. The molecule has 2 N–H and O–H groups in total. The van der Waals surface area contributed by atoms with Gasteiger partial charge < -0.3 is 10.4 Å². The second kappa shape index (κ2) is 6.25. The van der Waals surface area contributed by atoms with E-state index in [-0.39, 0.29) is 18.0 Å². The number of nitrogens with one attached hydrogen (secondary N) is 1. The van der Waals surface area contributed by atoms with Crippen molar-refractivity contribution in [3.8, 4) is 0 Å². The van der Waals surface area contributed by atoms with Crippen molar-refractivity contribution >= 4 is 5.91 Å². The molecule has 1 amide bonds. The molecular weight excluding hydrogens is 264 g/mol. The molecule has 122 valence electrons. The Bertz CT molecular complexity index is 377. The molecule has 4 nitrogen and oxygen atoms in total. The average Bonchev–Trinajstić information content (AvgIpc) is 2.97. The van der Waals surface area contributed by atoms with Gasteiger partial charge in [-0.1, -0.05) is 6.42 Å². The number of carbonyl (C=O) groups excluding carboxylic acids is 1. The number of aliphatic hydroxyl groups is 1. The van der Waals surface area contributed by atoms with Crippen LogP contribution in [0.25, 0.3) is 0 Å². The van der Waals surface area contributed by atoms with Crippen molar-refractivity contribution in [3.63, 3.8) is 0 Å². The molecule has 0 aromatic carbocycles. The van der Waals surface area contributed by atoms with Crippen LogP contribution >= 0.6 is 0 Å². The van der Waals surface area contributed by atoms with Gasteiger partial charge in [-0.05, 0) is 71.8 Å². The number of fused-ring (bicyclic) bond motifs is 2. The van der Waals surface area contributed by atoms with Gasteiger partial charge in [-0.3, -0.25) is 9.69 Å². The van der Waals surface area contributed by atoms with E-state index in [0.29, 0.717) is 12.5 Å². The summed E-state index contributed by atoms with van der Waals surface area (Å²) in [5.41, 5.74) is -0.778. The monoisotopic (exact) mass is 296 g/mol. The first-order chi connectivity index (χ1) is 9.67. The minimum absolute atomic E-state index is 0.0806. The summed E-state index contributed by atoms with van der Waals surface area (Å²) in [6.07, 6.45) is 5.41. The minimum atomic E-state index is -0.778. The van der Waals surface area contributed by atoms with E-state index in [9.17, 15) is 9.90 Å². The highest BCUT2D eigenvalue weighted by Crippen LogP contribution is 2.49. The van der Waals surface area contributed by atoms with Crippen LogP contribution in [-0.2, 0) is 4.79 Å². The lowest BCUT2D eigenvalue weighted by molar-refractivity contribution is -0.127. The Labute approximate surface area is 129 Å². The first kappa shape index (κ1) is 16.8. The standard InChI is InChI=1S/C17H32N2O2/c1-11(15-9-13-6-7-14(15)8-13)18-16(20)12(2)19(5)10-17(3,4)21/h11-15,21H,6-10H2,1-5H3,(H,18,20). The molecule has 0 heterocycles. The fraction of sp³-hybridized carbons (Fsp3) is 0.941. The SMILES string of the molecule is CC(NC(=O)C(C)N(C)CC(C)(C)O)C1CC2CCC1C2. The molecule has 2 fully saturated rings. The Morgan fingerprint density at radius 1 is 1.33 bits per heavy atom. The average molecular weight is 296 g/mol. The van der Waals surface area contributed by atoms with Crippen LogP contribution in [0.2, 0.25) is 0 Å². The first-order valence-electron chi connectivity index (χ1n) is 8.40. The number of likely N-dealkylation sites (N-methyl/N-ethyl adjacent to an activating group) is 1. The van der Waals surface area contributed by atoms with Gasteiger partial charge in [0.2, 0.25) is 5.91 Å². The largest absolute Gasteiger partial charge is 0.389 e. The highest BCUT2D eigenvalue weighted by atomic mass is 16.3. The summed E-state index contributed by atoms with van der Waals surface area (Å²) >= 11 is 0. The lowest BCUT2D eigenvalue weighted by Crippen LogP contribution is -2.51. The summed E-state index contributed by atoms with van der Waals surface area (Å²) in [5.74, 6) is 2.49. The van der Waals surface area contributed by atoms with Crippen molar-refractivity contribution < 1.29 is 9.90 Å². The van der Waals surface area contributed by atoms with Crippen LogP contribution in [0.5, 0.6) is 0 Å². The van der Waals surface area contributed by atoms with E-state index in [2.05, 4.69) is 12.2 Å². The molecule has 0 spiro atoms. The fourth-order valence-electron chi connectivity index (χ4n) is 4.31. The van der Waals surface area contributed by atoms with Crippen LogP contribution in [0.3, 0.4) is 0 Å². The van der Waals surface area contributed by atoms with E-state index in [1.165, 1.54) is 25.7 Å². The van der Waals surface area contributed by atoms with Gasteiger partial charge in [0.15, 0.2) is 0 Å². The molecule has 5 atom stereocenters. The van der Waals surface area contributed by atoms with Crippen LogP contribution in [0.1, 0.15) is 53.4 Å². The minimum Gasteiger partial charge on any atom is -0.389 e. The quantitative estimate of drug-likeness (QED) is 0.788. The number of carbonyl (C=O) groups is 1. The Morgan fingerprint density at radius 2 is 2.00 bits per heavy atom. The Balaban J connectivity index is 1.83. The maximum atomic E-state index is 12.4. The second-order valence-corrected chi connectivity index (χ2v) is 8.04. The van der Waals surface area contributed by atoms with Crippen LogP contribution in [0.15, 0.2) is 0 Å². The Hall–Kier alpha value is -0.610. The lowest BCUT2D eigenvalue weighted by Gasteiger charge is -2.33. The third kappa shape index (κ3) is 4.19. The number of nitrogens with zero attached hydrogens (tertiary/aromatic N) is 1. The molecule has 5 unspecified atom stereocenters. The molecule has 2 rings (SSSR count). The number of amides is 1. The van der Waals surface area contributed by atoms with Crippen molar-refractivity contribution in [2.75, 3.05) is 13.6 Å². The van der Waals surface area contributed by atoms with Gasteiger partial charge >= 0.3 is 0 Å². The van der Waals surface area contributed by atoms with Gasteiger partial charge in [0, 0.05) is 12.6 Å². The van der Waals surface area contributed by atoms with Gasteiger partial charge in [0.25, 0.3) is 0 Å². The van der Waals surface area contributed by atoms with E-state index >= 15 is 0 Å². The molecule has 0 saturated heterocycles. The number of hydrogen-bond acceptors (Lipinski definition) is 3. The maximum absolute atomic E-state index is 12.4. The normalized spacial score (nSPS) is 31.5. The lowest BCUT2D eigenvalue weighted by atomic mass is 9.84. The Morgan fingerprint density at radius 3 is 2.48 bits per heavy atom. The highest BCUT2D eigenvalue weighted by Gasteiger charge is 2.42. The van der Waals surface area contributed by atoms with E-state index in [0.717, 1.165) is 11.8 Å². The topological polar surface area (TPSA) is 52.6 Å². The molecule has 21 heavy (non-hydrogen) atoms. The zero-order valence-corrected chi connectivity index (χ0v) is 14.2. The third-order valence-corrected chi connectivity index (χ3v) is 5.48. The van der Waals surface area contributed by atoms with Crippen molar-refractivity contribution in [1.29, 1.82) is 0 Å². The van der Waals surface area contributed by atoms with Crippen molar-refractivity contribution in [2.24, 2.45) is 17.8 Å². The second-order valence-electron chi connectivity index (χ2n) is 8.04. The number of hydrogen-bond donors (Lipinski definition) is 2. The van der Waals surface area contributed by atoms with Crippen LogP contribution < -0.4 is 5.32 Å². The van der Waals surface area contributed by atoms with Crippen molar-refractivity contribution in [1.82, 2.24) is 10.2 Å². The zero-order chi connectivity index (χ0) is 15.8. The number of rotatable bonds is 6. The fourth-order valence-corrected chi connectivity index (χ4v) is 4.31. The smallest absolute Gasteiger partial charge is 0.237 e. The van der Waals surface area contributed by atoms with Gasteiger partial charge in [0.1, 0.15) is 0 Å². The summed E-state index contributed by atoms with van der Waals surface area (Å²) in [5, 5.41) is 13.1. The molecule has 2 aliphatic rings. The van der Waals surface area contributed by atoms with Crippen molar-refractivity contribution in [3.05, 3.63) is 0 Å². The molecule has 0 aromatic heterocycles. The molecule has 2 bridgehead atoms. The summed E-state index contributed by atoms with van der Waals surface area (Å²) < 4.78 is 0. The van der Waals surface area contributed by atoms with E-state index in [1.807, 2.05) is 18.9 Å². The summed E-state index contributed by atoms with van der Waals surface area (Å²) in [7, 11) is 1.89. The molecule has 0 aliphatic heterocycles. The van der Waals surface area contributed by atoms with Gasteiger partial charge in [-0.2, -0.15) is 0 Å². The van der Waals surface area contributed by atoms with Crippen LogP contribution in [0, 0.1) is 17.8 Å². The third-order valence-electron chi connectivity index (χ3n) is 5.48. The van der Waals surface area contributed by atoms with Crippen molar-refractivity contribution in [2.45, 2.75) is 71.1 Å². The maximum Gasteiger partial charge on any atom is 0.237 e. The highest BCUT2D eigenvalue weighted by molar-refractivity contribution is 5.81. The zero-order valence-electron chi connectivity index (χ0n) is 14.2. The van der Waals surface area contributed by atoms with Crippen LogP contribution in [-0.4, -0.2) is 47.2 Å². The molecular formula is C17H32N2O2. The summed E-state index contributed by atoms with van der Waals surface area (Å²) in [6, 6.07) is 0.0586. The molecule has 0 radical (unpaired) electrons. The van der Waals surface area contributed by atoms with E-state index < -0.39 is 5.60 Å². The molecule has 2 saturated carbocycles. The predicted octanol–water partition coefficient (Wildman–Crippen LogP) is 2.02. The predicted molar refractivity (Wildman–Crippen MR) is 84.9 cm³/mol. The van der Waals surface area contributed by atoms with Gasteiger partial charge in [0.05, 0.1) is 11.6 Å². The Kier molecular flexibility index (Phi) is 4.99. The van der Waals surface area contributed by atoms with Crippen LogP contribution in [0.4, 0.5) is 0 Å². The molecule has 2 aliphatic carbocycles. The molecule has 0 aromatic rings. The van der Waals surface area contributed by atoms with E-state index in [4.69, 9.17) is 0 Å².